The van der Waals surface area contributed by atoms with Gasteiger partial charge in [-0.05, 0) is 37.6 Å². The highest BCUT2D eigenvalue weighted by Gasteiger charge is 2.09. The van der Waals surface area contributed by atoms with Gasteiger partial charge in [0, 0.05) is 27.6 Å². The molecule has 0 aliphatic carbocycles. The lowest BCUT2D eigenvalue weighted by Gasteiger charge is -2.13. The first-order valence-corrected chi connectivity index (χ1v) is 7.43. The Hall–Kier alpha value is -1.29. The summed E-state index contributed by atoms with van der Waals surface area (Å²) in [5.41, 5.74) is 1.08. The number of rotatable bonds is 5. The zero-order valence-electron chi connectivity index (χ0n) is 11.3. The van der Waals surface area contributed by atoms with Gasteiger partial charge in [-0.15, -0.1) is 0 Å². The largest absolute Gasteiger partial charge is 0.352 e. The maximum absolute atomic E-state index is 12.0. The summed E-state index contributed by atoms with van der Waals surface area (Å²) in [5, 5.41) is 4.17. The van der Waals surface area contributed by atoms with E-state index in [0.29, 0.717) is 6.54 Å². The summed E-state index contributed by atoms with van der Waals surface area (Å²) >= 11 is 3.45. The van der Waals surface area contributed by atoms with E-state index in [1.54, 1.807) is 0 Å². The second kappa shape index (κ2) is 6.24. The second-order valence-electron chi connectivity index (χ2n) is 4.90. The Bertz CT molecular complexity index is 577. The van der Waals surface area contributed by atoms with Crippen LogP contribution in [0.2, 0.25) is 0 Å². The van der Waals surface area contributed by atoms with E-state index < -0.39 is 0 Å². The van der Waals surface area contributed by atoms with Crippen molar-refractivity contribution in [3.8, 4) is 0 Å². The Morgan fingerprint density at radius 2 is 2.21 bits per heavy atom. The number of hydrogen-bond donors (Lipinski definition) is 1. The molecule has 0 bridgehead atoms. The molecule has 1 atom stereocenters. The molecule has 1 aromatic heterocycles. The van der Waals surface area contributed by atoms with Crippen molar-refractivity contribution < 1.29 is 4.79 Å². The molecule has 2 aromatic rings. The molecular weight excluding hydrogens is 304 g/mol. The first-order chi connectivity index (χ1) is 9.10. The Morgan fingerprint density at radius 1 is 1.42 bits per heavy atom. The number of amides is 1. The van der Waals surface area contributed by atoms with Crippen LogP contribution >= 0.6 is 15.9 Å². The molecule has 2 rings (SSSR count). The SMILES string of the molecule is CCCC(C)NC(=O)Cn1ccc2cc(Br)ccc21. The van der Waals surface area contributed by atoms with E-state index in [1.165, 1.54) is 0 Å². The maximum atomic E-state index is 12.0. The summed E-state index contributed by atoms with van der Waals surface area (Å²) in [6.07, 6.45) is 4.06. The third-order valence-electron chi connectivity index (χ3n) is 3.18. The van der Waals surface area contributed by atoms with Crippen molar-refractivity contribution in [2.45, 2.75) is 39.3 Å². The van der Waals surface area contributed by atoms with Crippen molar-refractivity contribution in [2.75, 3.05) is 0 Å². The first-order valence-electron chi connectivity index (χ1n) is 6.64. The highest BCUT2D eigenvalue weighted by Crippen LogP contribution is 2.20. The fourth-order valence-corrected chi connectivity index (χ4v) is 2.67. The molecule has 1 amide bonds. The molecule has 4 heteroatoms. The number of hydrogen-bond acceptors (Lipinski definition) is 1. The van der Waals surface area contributed by atoms with Gasteiger partial charge in [0.1, 0.15) is 6.54 Å². The average molecular weight is 323 g/mol. The van der Waals surface area contributed by atoms with Crippen LogP contribution in [0.1, 0.15) is 26.7 Å². The fraction of sp³-hybridized carbons (Fsp3) is 0.400. The average Bonchev–Trinajstić information content (AvgIpc) is 2.71. The molecule has 1 N–H and O–H groups in total. The van der Waals surface area contributed by atoms with E-state index >= 15 is 0 Å². The summed E-state index contributed by atoms with van der Waals surface area (Å²) in [6.45, 7) is 4.55. The molecule has 0 spiro atoms. The van der Waals surface area contributed by atoms with Crippen LogP contribution in [0.4, 0.5) is 0 Å². The summed E-state index contributed by atoms with van der Waals surface area (Å²) in [6, 6.07) is 8.36. The number of nitrogens with one attached hydrogen (secondary N) is 1. The van der Waals surface area contributed by atoms with Crippen LogP contribution in [-0.2, 0) is 11.3 Å². The predicted molar refractivity (Wildman–Crippen MR) is 82.2 cm³/mol. The number of carbonyl (C=O) groups is 1. The van der Waals surface area contributed by atoms with Gasteiger partial charge < -0.3 is 9.88 Å². The lowest BCUT2D eigenvalue weighted by atomic mass is 10.2. The molecule has 3 nitrogen and oxygen atoms in total. The Kier molecular flexibility index (Phi) is 4.64. The van der Waals surface area contributed by atoms with E-state index in [0.717, 1.165) is 28.2 Å². The third kappa shape index (κ3) is 3.60. The van der Waals surface area contributed by atoms with Crippen LogP contribution < -0.4 is 5.32 Å². The minimum atomic E-state index is 0.0707. The van der Waals surface area contributed by atoms with Crippen LogP contribution in [0.5, 0.6) is 0 Å². The smallest absolute Gasteiger partial charge is 0.240 e. The highest BCUT2D eigenvalue weighted by molar-refractivity contribution is 9.10. The standard InChI is InChI=1S/C15H19BrN2O/c1-3-4-11(2)17-15(19)10-18-8-7-12-9-13(16)5-6-14(12)18/h5-9,11H,3-4,10H2,1-2H3,(H,17,19). The molecule has 0 aliphatic heterocycles. The van der Waals surface area contributed by atoms with Crippen LogP contribution in [0.15, 0.2) is 34.9 Å². The van der Waals surface area contributed by atoms with Crippen LogP contribution in [0, 0.1) is 0 Å². The molecule has 1 aromatic carbocycles. The van der Waals surface area contributed by atoms with E-state index in [4.69, 9.17) is 0 Å². The Labute approximate surface area is 122 Å². The molecule has 1 heterocycles. The minimum Gasteiger partial charge on any atom is -0.352 e. The number of carbonyl (C=O) groups excluding carboxylic acids is 1. The Balaban J connectivity index is 2.07. The second-order valence-corrected chi connectivity index (χ2v) is 5.82. The lowest BCUT2D eigenvalue weighted by Crippen LogP contribution is -2.34. The molecule has 0 fully saturated rings. The van der Waals surface area contributed by atoms with Gasteiger partial charge in [-0.25, -0.2) is 0 Å². The van der Waals surface area contributed by atoms with Crippen molar-refractivity contribution in [3.63, 3.8) is 0 Å². The monoisotopic (exact) mass is 322 g/mol. The van der Waals surface area contributed by atoms with Crippen LogP contribution in [0.25, 0.3) is 10.9 Å². The van der Waals surface area contributed by atoms with Gasteiger partial charge in [-0.3, -0.25) is 4.79 Å². The van der Waals surface area contributed by atoms with E-state index in [-0.39, 0.29) is 11.9 Å². The molecule has 102 valence electrons. The van der Waals surface area contributed by atoms with Crippen molar-refractivity contribution in [2.24, 2.45) is 0 Å². The summed E-state index contributed by atoms with van der Waals surface area (Å²) < 4.78 is 3.04. The molecule has 1 unspecified atom stereocenters. The number of nitrogens with zero attached hydrogens (tertiary/aromatic N) is 1. The van der Waals surface area contributed by atoms with Crippen molar-refractivity contribution in [1.29, 1.82) is 0 Å². The van der Waals surface area contributed by atoms with Gasteiger partial charge >= 0.3 is 0 Å². The fourth-order valence-electron chi connectivity index (χ4n) is 2.29. The van der Waals surface area contributed by atoms with Crippen molar-refractivity contribution in [1.82, 2.24) is 9.88 Å². The van der Waals surface area contributed by atoms with Gasteiger partial charge in [-0.2, -0.15) is 0 Å². The molecule has 0 radical (unpaired) electrons. The maximum Gasteiger partial charge on any atom is 0.240 e. The lowest BCUT2D eigenvalue weighted by molar-refractivity contribution is -0.122. The molecule has 19 heavy (non-hydrogen) atoms. The summed E-state index contributed by atoms with van der Waals surface area (Å²) in [7, 11) is 0. The minimum absolute atomic E-state index is 0.0707. The highest BCUT2D eigenvalue weighted by atomic mass is 79.9. The summed E-state index contributed by atoms with van der Waals surface area (Å²) in [5.74, 6) is 0.0707. The molecule has 0 aliphatic rings. The quantitative estimate of drug-likeness (QED) is 0.894. The normalized spacial score (nSPS) is 12.6. The number of benzene rings is 1. The number of halogens is 1. The third-order valence-corrected chi connectivity index (χ3v) is 3.67. The predicted octanol–water partition coefficient (Wildman–Crippen LogP) is 3.71. The number of fused-ring (bicyclic) bond motifs is 1. The Morgan fingerprint density at radius 3 is 2.95 bits per heavy atom. The van der Waals surface area contributed by atoms with Crippen molar-refractivity contribution in [3.05, 3.63) is 34.9 Å². The van der Waals surface area contributed by atoms with E-state index in [9.17, 15) is 4.79 Å². The molecule has 0 saturated heterocycles. The zero-order chi connectivity index (χ0) is 13.8. The zero-order valence-corrected chi connectivity index (χ0v) is 12.9. The topological polar surface area (TPSA) is 34.0 Å². The van der Waals surface area contributed by atoms with E-state index in [2.05, 4.69) is 34.2 Å². The van der Waals surface area contributed by atoms with Gasteiger partial charge in [-0.1, -0.05) is 29.3 Å². The van der Waals surface area contributed by atoms with Crippen LogP contribution in [-0.4, -0.2) is 16.5 Å². The first kappa shape index (κ1) is 14.1. The van der Waals surface area contributed by atoms with Gasteiger partial charge in [0.25, 0.3) is 0 Å². The summed E-state index contributed by atoms with van der Waals surface area (Å²) in [4.78, 5) is 12.0. The number of aromatic nitrogens is 1. The van der Waals surface area contributed by atoms with Crippen LogP contribution in [0.3, 0.4) is 0 Å². The molecule has 0 saturated carbocycles. The molecular formula is C15H19BrN2O. The van der Waals surface area contributed by atoms with E-state index in [1.807, 2.05) is 35.9 Å². The van der Waals surface area contributed by atoms with Gasteiger partial charge in [0.2, 0.25) is 5.91 Å². The van der Waals surface area contributed by atoms with Crippen molar-refractivity contribution >= 4 is 32.7 Å². The van der Waals surface area contributed by atoms with Gasteiger partial charge in [0.15, 0.2) is 0 Å². The van der Waals surface area contributed by atoms with Gasteiger partial charge in [0.05, 0.1) is 0 Å².